The van der Waals surface area contributed by atoms with Gasteiger partial charge in [0.15, 0.2) is 0 Å². The first-order valence-electron chi connectivity index (χ1n) is 17.2. The number of halogens is 26. The van der Waals surface area contributed by atoms with Gasteiger partial charge in [0.25, 0.3) is 0 Å². The number of ether oxygens (including phenoxy) is 4. The van der Waals surface area contributed by atoms with Crippen LogP contribution in [0.2, 0.25) is 0 Å². The molecule has 36 heteroatoms. The van der Waals surface area contributed by atoms with E-state index in [4.69, 9.17) is 9.47 Å². The van der Waals surface area contributed by atoms with Crippen LogP contribution in [-0.4, -0.2) is 144 Å². The first-order chi connectivity index (χ1) is 30.2. The van der Waals surface area contributed by atoms with Crippen LogP contribution in [-0.2, 0) is 38.1 Å². The molecule has 0 aromatic heterocycles. The van der Waals surface area contributed by atoms with Crippen LogP contribution >= 0.6 is 23.5 Å². The molecule has 0 aromatic carbocycles. The minimum absolute atomic E-state index is 0.504. The van der Waals surface area contributed by atoms with Crippen molar-refractivity contribution in [2.24, 2.45) is 0 Å². The minimum atomic E-state index is -8.16. The van der Waals surface area contributed by atoms with Gasteiger partial charge in [-0.05, 0) is 0 Å². The zero-order chi connectivity index (χ0) is 54.2. The van der Waals surface area contributed by atoms with Crippen molar-refractivity contribution in [2.45, 2.75) is 109 Å². The lowest BCUT2D eigenvalue weighted by molar-refractivity contribution is -0.440. The third-order valence-electron chi connectivity index (χ3n) is 8.10. The molecule has 0 amide bonds. The molecule has 0 aliphatic heterocycles. The lowest BCUT2D eigenvalue weighted by atomic mass is 9.93. The molecule has 0 aromatic rings. The van der Waals surface area contributed by atoms with Gasteiger partial charge in [0.05, 0.1) is 38.9 Å². The van der Waals surface area contributed by atoms with E-state index in [0.717, 1.165) is 0 Å². The number of thioether (sulfide) groups is 2. The van der Waals surface area contributed by atoms with Gasteiger partial charge in [0.2, 0.25) is 0 Å². The van der Waals surface area contributed by atoms with Crippen LogP contribution in [0, 0.1) is 0 Å². The zero-order valence-electron chi connectivity index (χ0n) is 32.7. The molecule has 0 bridgehead atoms. The van der Waals surface area contributed by atoms with E-state index in [-0.39, 0.29) is 0 Å². The molecule has 2 atom stereocenters. The number of carbonyl (C=O) groups excluding carboxylic acids is 4. The molecule has 0 N–H and O–H groups in total. The van der Waals surface area contributed by atoms with Crippen molar-refractivity contribution in [1.29, 1.82) is 0 Å². The van der Waals surface area contributed by atoms with Crippen LogP contribution in [0.1, 0.15) is 25.7 Å². The Balaban J connectivity index is 5.59. The molecule has 0 aliphatic carbocycles. The Labute approximate surface area is 370 Å². The van der Waals surface area contributed by atoms with Crippen LogP contribution in [0.4, 0.5) is 114 Å². The Morgan fingerprint density at radius 1 is 0.412 bits per heavy atom. The third kappa shape index (κ3) is 13.8. The summed E-state index contributed by atoms with van der Waals surface area (Å²) in [5.41, 5.74) is 0. The second kappa shape index (κ2) is 22.5. The summed E-state index contributed by atoms with van der Waals surface area (Å²) >= 11 is 1.01. The number of rotatable bonds is 29. The number of carbonyl (C=O) groups is 4. The van der Waals surface area contributed by atoms with Crippen molar-refractivity contribution in [3.63, 3.8) is 0 Å². The van der Waals surface area contributed by atoms with E-state index >= 15 is 0 Å². The van der Waals surface area contributed by atoms with E-state index in [2.05, 4.69) is 22.6 Å². The second-order valence-corrected chi connectivity index (χ2v) is 15.2. The molecular formula is C32H28F26O8S2. The average Bonchev–Trinajstić information content (AvgIpc) is 3.18. The summed E-state index contributed by atoms with van der Waals surface area (Å²) in [5.74, 6) is -85.1. The molecular weight excluding hydrogens is 1070 g/mol. The summed E-state index contributed by atoms with van der Waals surface area (Å²) in [6.07, 6.45) is -25.2. The number of hydrogen-bond acceptors (Lipinski definition) is 10. The Morgan fingerprint density at radius 3 is 0.897 bits per heavy atom. The highest BCUT2D eigenvalue weighted by molar-refractivity contribution is 7.99. The predicted octanol–water partition coefficient (Wildman–Crippen LogP) is 10.8. The van der Waals surface area contributed by atoms with E-state index < -0.39 is 170 Å². The SMILES string of the molecule is C=CC(=O)OC(CSCCC(=O)OCCC(F)(F)C(F)(F)C(F)(F)C(F)(F)C(F)(F)C(F)(F)F)C(CSCCC(=O)OCCC(F)(F)C(F)(F)C(F)(F)C(F)(F)C(F)(F)C(F)(F)F)OC(=O)C=C. The lowest BCUT2D eigenvalue weighted by Crippen LogP contribution is -2.70. The van der Waals surface area contributed by atoms with Gasteiger partial charge >= 0.3 is 95.5 Å². The molecule has 68 heavy (non-hydrogen) atoms. The van der Waals surface area contributed by atoms with Crippen molar-refractivity contribution >= 4 is 47.4 Å². The maximum Gasteiger partial charge on any atom is 0.460 e. The molecule has 2 unspecified atom stereocenters. The van der Waals surface area contributed by atoms with Gasteiger partial charge in [-0.3, -0.25) is 9.59 Å². The summed E-state index contributed by atoms with van der Waals surface area (Å²) in [6, 6.07) is 0. The number of esters is 4. The van der Waals surface area contributed by atoms with Gasteiger partial charge in [-0.1, -0.05) is 13.2 Å². The molecule has 0 saturated carbocycles. The molecule has 0 radical (unpaired) electrons. The standard InChI is InChI=1S/C32H28F26O8S2/c1-3-17(59)65-15(13-67-11-5-19(61)63-9-7-21(33,34)23(37,38)25(41,42)27(45,46)29(49,50)31(53,54)55)16(66-18(60)4-2)14-68-12-6-20(62)64-10-8-22(35,36)24(39,40)26(43,44)28(47,48)30(51,52)32(56,57)58/h3-4,15-16H,1-2,5-14H2. The average molecular weight is 1100 g/mol. The van der Waals surface area contributed by atoms with Crippen molar-refractivity contribution in [1.82, 2.24) is 0 Å². The zero-order valence-corrected chi connectivity index (χ0v) is 34.3. The van der Waals surface area contributed by atoms with Gasteiger partial charge in [0.1, 0.15) is 12.2 Å². The Hall–Kier alpha value is -3.76. The monoisotopic (exact) mass is 1100 g/mol. The first kappa shape index (κ1) is 64.2. The van der Waals surface area contributed by atoms with Crippen molar-refractivity contribution in [3.05, 3.63) is 25.3 Å². The quantitative estimate of drug-likeness (QED) is 0.0236. The van der Waals surface area contributed by atoms with Crippen LogP contribution in [0.5, 0.6) is 0 Å². The van der Waals surface area contributed by atoms with E-state index in [1.807, 2.05) is 0 Å². The number of alkyl halides is 26. The highest BCUT2D eigenvalue weighted by Gasteiger charge is 2.92. The van der Waals surface area contributed by atoms with E-state index in [1.54, 1.807) is 0 Å². The van der Waals surface area contributed by atoms with Crippen LogP contribution < -0.4 is 0 Å². The first-order valence-corrected chi connectivity index (χ1v) is 19.5. The van der Waals surface area contributed by atoms with Crippen molar-refractivity contribution in [3.8, 4) is 0 Å². The van der Waals surface area contributed by atoms with E-state index in [0.29, 0.717) is 35.7 Å². The van der Waals surface area contributed by atoms with Crippen LogP contribution in [0.3, 0.4) is 0 Å². The van der Waals surface area contributed by atoms with E-state index in [9.17, 15) is 133 Å². The van der Waals surface area contributed by atoms with Crippen molar-refractivity contribution in [2.75, 3.05) is 36.2 Å². The lowest BCUT2D eigenvalue weighted by Gasteiger charge is -2.39. The molecule has 0 saturated heterocycles. The van der Waals surface area contributed by atoms with Gasteiger partial charge in [-0.25, -0.2) is 9.59 Å². The van der Waals surface area contributed by atoms with Gasteiger partial charge < -0.3 is 18.9 Å². The topological polar surface area (TPSA) is 105 Å². The molecule has 0 rings (SSSR count). The Bertz CT molecular complexity index is 1630. The van der Waals surface area contributed by atoms with Gasteiger partial charge in [0, 0.05) is 35.2 Å². The van der Waals surface area contributed by atoms with Crippen LogP contribution in [0.15, 0.2) is 25.3 Å². The molecule has 0 fully saturated rings. The highest BCUT2D eigenvalue weighted by Crippen LogP contribution is 2.62. The minimum Gasteiger partial charge on any atom is -0.465 e. The fourth-order valence-electron chi connectivity index (χ4n) is 4.19. The second-order valence-electron chi connectivity index (χ2n) is 12.9. The predicted molar refractivity (Wildman–Crippen MR) is 177 cm³/mol. The summed E-state index contributed by atoms with van der Waals surface area (Å²) in [5, 5.41) is 0. The third-order valence-corrected chi connectivity index (χ3v) is 10.2. The summed E-state index contributed by atoms with van der Waals surface area (Å²) in [7, 11) is 0. The smallest absolute Gasteiger partial charge is 0.460 e. The maximum absolute atomic E-state index is 13.9. The summed E-state index contributed by atoms with van der Waals surface area (Å²) in [6.45, 7) is 1.96. The van der Waals surface area contributed by atoms with Crippen molar-refractivity contribution < 1.29 is 152 Å². The summed E-state index contributed by atoms with van der Waals surface area (Å²) < 4.78 is 363. The fraction of sp³-hybridized carbons (Fsp3) is 0.750. The molecule has 0 heterocycles. The normalized spacial score (nSPS) is 15.3. The summed E-state index contributed by atoms with van der Waals surface area (Å²) in [4.78, 5) is 47.7. The number of hydrogen-bond donors (Lipinski definition) is 0. The highest BCUT2D eigenvalue weighted by atomic mass is 32.2. The largest absolute Gasteiger partial charge is 0.465 e. The Morgan fingerprint density at radius 2 is 0.662 bits per heavy atom. The molecule has 0 aliphatic rings. The molecule has 0 spiro atoms. The molecule has 8 nitrogen and oxygen atoms in total. The Kier molecular flexibility index (Phi) is 21.3. The fourth-order valence-corrected chi connectivity index (χ4v) is 6.17. The molecule has 398 valence electrons. The van der Waals surface area contributed by atoms with Crippen LogP contribution in [0.25, 0.3) is 0 Å². The van der Waals surface area contributed by atoms with E-state index in [1.165, 1.54) is 0 Å². The van der Waals surface area contributed by atoms with Gasteiger partial charge in [-0.15, -0.1) is 0 Å². The maximum atomic E-state index is 13.9. The van der Waals surface area contributed by atoms with Gasteiger partial charge in [-0.2, -0.15) is 138 Å².